The molecule has 0 saturated heterocycles. The first-order chi connectivity index (χ1) is 9.90. The molecule has 21 heavy (non-hydrogen) atoms. The topological polar surface area (TPSA) is 147 Å². The average Bonchev–Trinajstić information content (AvgIpc) is 2.78. The number of anilines is 1. The molecule has 3 rings (SSSR count). The van der Waals surface area contributed by atoms with E-state index in [9.17, 15) is 9.67 Å². The lowest BCUT2D eigenvalue weighted by molar-refractivity contribution is 0.0380. The molecule has 0 spiro atoms. The molecule has 10 heteroatoms. The molecule has 114 valence electrons. The maximum absolute atomic E-state index is 11.1. The van der Waals surface area contributed by atoms with Crippen LogP contribution in [0.15, 0.2) is 12.7 Å². The predicted octanol–water partition coefficient (Wildman–Crippen LogP) is -0.244. The van der Waals surface area contributed by atoms with Gasteiger partial charge in [-0.3, -0.25) is 4.57 Å². The third-order valence-corrected chi connectivity index (χ3v) is 5.02. The summed E-state index contributed by atoms with van der Waals surface area (Å²) < 4.78 is 12.9. The number of hydrogen-bond acceptors (Lipinski definition) is 6. The predicted molar refractivity (Wildman–Crippen MR) is 74.4 cm³/mol. The van der Waals surface area contributed by atoms with E-state index in [1.807, 2.05) is 0 Å². The first kappa shape index (κ1) is 14.4. The Morgan fingerprint density at radius 3 is 2.81 bits per heavy atom. The number of nitrogen functional groups attached to an aromatic ring is 1. The number of fused-ring (bicyclic) bond motifs is 1. The highest BCUT2D eigenvalue weighted by Gasteiger charge is 2.44. The third kappa shape index (κ3) is 2.53. The minimum atomic E-state index is -4.08. The summed E-state index contributed by atoms with van der Waals surface area (Å²) in [6, 6.07) is -0.0918. The molecule has 9 nitrogen and oxygen atoms in total. The van der Waals surface area contributed by atoms with Crippen LogP contribution < -0.4 is 5.73 Å². The molecule has 1 fully saturated rings. The maximum atomic E-state index is 11.1. The molecule has 3 atom stereocenters. The standard InChI is InChI=1S/C11H16N5O4P/c12-10-9-11(14-4-13-10)16(5-15-9)8-1-6(7(8)2-17)3-21(18,19)20/h4-8,17H,1-3H2,(H2,12,13,14)(H2,18,19,20). The smallest absolute Gasteiger partial charge is 0.325 e. The number of imidazole rings is 1. The van der Waals surface area contributed by atoms with Crippen LogP contribution in [0.5, 0.6) is 0 Å². The number of nitrogens with two attached hydrogens (primary N) is 1. The number of hydrogen-bond donors (Lipinski definition) is 4. The molecular weight excluding hydrogens is 297 g/mol. The molecule has 1 aliphatic carbocycles. The van der Waals surface area contributed by atoms with E-state index in [1.54, 1.807) is 10.9 Å². The van der Waals surface area contributed by atoms with E-state index in [4.69, 9.17) is 15.5 Å². The van der Waals surface area contributed by atoms with Crippen molar-refractivity contribution in [1.82, 2.24) is 19.5 Å². The zero-order valence-electron chi connectivity index (χ0n) is 11.1. The van der Waals surface area contributed by atoms with Crippen LogP contribution in [0.3, 0.4) is 0 Å². The van der Waals surface area contributed by atoms with Gasteiger partial charge >= 0.3 is 7.60 Å². The van der Waals surface area contributed by atoms with Crippen LogP contribution in [-0.4, -0.2) is 47.2 Å². The largest absolute Gasteiger partial charge is 0.396 e. The molecule has 0 radical (unpaired) electrons. The summed E-state index contributed by atoms with van der Waals surface area (Å²) in [6.07, 6.45) is 3.27. The Morgan fingerprint density at radius 1 is 1.38 bits per heavy atom. The van der Waals surface area contributed by atoms with Gasteiger partial charge in [0.15, 0.2) is 11.5 Å². The second kappa shape index (κ2) is 5.03. The van der Waals surface area contributed by atoms with Crippen LogP contribution in [0.1, 0.15) is 12.5 Å². The minimum Gasteiger partial charge on any atom is -0.396 e. The Hall–Kier alpha value is -1.54. The fourth-order valence-corrected chi connectivity index (χ4v) is 4.03. The van der Waals surface area contributed by atoms with E-state index in [2.05, 4.69) is 15.0 Å². The fourth-order valence-electron chi connectivity index (χ4n) is 3.00. The van der Waals surface area contributed by atoms with Gasteiger partial charge in [-0.1, -0.05) is 0 Å². The summed E-state index contributed by atoms with van der Waals surface area (Å²) in [5.74, 6) is -0.158. The van der Waals surface area contributed by atoms with Crippen molar-refractivity contribution in [1.29, 1.82) is 0 Å². The van der Waals surface area contributed by atoms with Gasteiger partial charge in [0.1, 0.15) is 11.8 Å². The van der Waals surface area contributed by atoms with Crippen molar-refractivity contribution in [3.05, 3.63) is 12.7 Å². The van der Waals surface area contributed by atoms with Gasteiger partial charge in [0.25, 0.3) is 0 Å². The molecule has 0 bridgehead atoms. The highest BCUT2D eigenvalue weighted by molar-refractivity contribution is 7.51. The number of aromatic nitrogens is 4. The van der Waals surface area contributed by atoms with Crippen LogP contribution in [0, 0.1) is 11.8 Å². The van der Waals surface area contributed by atoms with Gasteiger partial charge in [-0.2, -0.15) is 0 Å². The van der Waals surface area contributed by atoms with E-state index in [1.165, 1.54) is 6.33 Å². The van der Waals surface area contributed by atoms with Gasteiger partial charge in [0.05, 0.1) is 12.5 Å². The molecule has 5 N–H and O–H groups in total. The lowest BCUT2D eigenvalue weighted by Crippen LogP contribution is -2.42. The molecule has 2 heterocycles. The van der Waals surface area contributed by atoms with Crippen LogP contribution in [-0.2, 0) is 4.57 Å². The number of nitrogens with zero attached hydrogens (tertiary/aromatic N) is 4. The summed E-state index contributed by atoms with van der Waals surface area (Å²) in [4.78, 5) is 30.3. The van der Waals surface area contributed by atoms with E-state index < -0.39 is 7.60 Å². The first-order valence-electron chi connectivity index (χ1n) is 6.49. The van der Waals surface area contributed by atoms with Crippen molar-refractivity contribution in [2.24, 2.45) is 11.8 Å². The van der Waals surface area contributed by atoms with Crippen molar-refractivity contribution in [3.8, 4) is 0 Å². The van der Waals surface area contributed by atoms with E-state index in [0.29, 0.717) is 17.6 Å². The first-order valence-corrected chi connectivity index (χ1v) is 8.29. The zero-order valence-corrected chi connectivity index (χ0v) is 12.0. The fraction of sp³-hybridized carbons (Fsp3) is 0.545. The van der Waals surface area contributed by atoms with E-state index in [-0.39, 0.29) is 36.5 Å². The van der Waals surface area contributed by atoms with Crippen molar-refractivity contribution in [2.45, 2.75) is 12.5 Å². The molecule has 2 aromatic heterocycles. The summed E-state index contributed by atoms with van der Waals surface area (Å²) in [6.45, 7) is -0.143. The van der Waals surface area contributed by atoms with Crippen molar-refractivity contribution >= 4 is 24.6 Å². The summed E-state index contributed by atoms with van der Waals surface area (Å²) in [5.41, 5.74) is 6.79. The Bertz CT molecular complexity index is 714. The van der Waals surface area contributed by atoms with Gasteiger partial charge in [0.2, 0.25) is 0 Å². The van der Waals surface area contributed by atoms with Gasteiger partial charge in [-0.05, 0) is 12.3 Å². The molecular formula is C11H16N5O4P. The maximum Gasteiger partial charge on any atom is 0.325 e. The summed E-state index contributed by atoms with van der Waals surface area (Å²) >= 11 is 0. The summed E-state index contributed by atoms with van der Waals surface area (Å²) in [7, 11) is -4.08. The third-order valence-electron chi connectivity index (χ3n) is 4.07. The average molecular weight is 313 g/mol. The molecule has 0 aliphatic heterocycles. The van der Waals surface area contributed by atoms with Crippen molar-refractivity contribution in [3.63, 3.8) is 0 Å². The quantitative estimate of drug-likeness (QED) is 0.565. The highest BCUT2D eigenvalue weighted by Crippen LogP contribution is 2.51. The van der Waals surface area contributed by atoms with Gasteiger partial charge in [-0.25, -0.2) is 15.0 Å². The lowest BCUT2D eigenvalue weighted by Gasteiger charge is -2.44. The SMILES string of the molecule is Nc1ncnc2c1ncn2C1CC(CP(=O)(O)O)C1CO. The molecule has 1 aliphatic rings. The van der Waals surface area contributed by atoms with Crippen LogP contribution in [0.4, 0.5) is 5.82 Å². The number of aliphatic hydroxyl groups is 1. The second-order valence-corrected chi connectivity index (χ2v) is 7.03. The van der Waals surface area contributed by atoms with Gasteiger partial charge in [0, 0.05) is 18.6 Å². The summed E-state index contributed by atoms with van der Waals surface area (Å²) in [5, 5.41) is 9.51. The van der Waals surface area contributed by atoms with Gasteiger partial charge in [-0.15, -0.1) is 0 Å². The Balaban J connectivity index is 1.87. The molecule has 1 saturated carbocycles. The number of rotatable bonds is 4. The van der Waals surface area contributed by atoms with Crippen LogP contribution in [0.2, 0.25) is 0 Å². The van der Waals surface area contributed by atoms with Crippen molar-refractivity contribution in [2.75, 3.05) is 18.5 Å². The Morgan fingerprint density at radius 2 is 2.14 bits per heavy atom. The molecule has 0 amide bonds. The van der Waals surface area contributed by atoms with E-state index >= 15 is 0 Å². The van der Waals surface area contributed by atoms with E-state index in [0.717, 1.165) is 0 Å². The normalized spacial score (nSPS) is 26.0. The Labute approximate surface area is 120 Å². The Kier molecular flexibility index (Phi) is 3.45. The van der Waals surface area contributed by atoms with Crippen molar-refractivity contribution < 1.29 is 19.5 Å². The molecule has 2 aromatic rings. The van der Waals surface area contributed by atoms with Crippen LogP contribution >= 0.6 is 7.60 Å². The number of aliphatic hydroxyl groups excluding tert-OH is 1. The molecule has 0 aromatic carbocycles. The zero-order chi connectivity index (χ0) is 15.2. The van der Waals surface area contributed by atoms with Crippen LogP contribution in [0.25, 0.3) is 11.2 Å². The monoisotopic (exact) mass is 313 g/mol. The van der Waals surface area contributed by atoms with Gasteiger partial charge < -0.3 is 25.2 Å². The molecule has 3 unspecified atom stereocenters. The lowest BCUT2D eigenvalue weighted by atomic mass is 9.70. The second-order valence-electron chi connectivity index (χ2n) is 5.34. The minimum absolute atomic E-state index is 0.0918. The highest BCUT2D eigenvalue weighted by atomic mass is 31.2.